The molecule has 0 bridgehead atoms. The maximum absolute atomic E-state index is 12.7. The minimum atomic E-state index is -0.651. The van der Waals surface area contributed by atoms with E-state index in [2.05, 4.69) is 90.5 Å². The number of amides is 1. The van der Waals surface area contributed by atoms with E-state index in [0.29, 0.717) is 6.04 Å². The van der Waals surface area contributed by atoms with Crippen LogP contribution in [0.3, 0.4) is 0 Å². The molecular weight excluding hydrogens is 508 g/mol. The molecule has 4 N–H and O–H groups in total. The average molecular weight is 579 g/mol. The molecule has 3 fully saturated rings. The third kappa shape index (κ3) is 13.2. The molecule has 1 spiro atoms. The van der Waals surface area contributed by atoms with E-state index >= 15 is 0 Å². The zero-order valence-corrected chi connectivity index (χ0v) is 29.0. The van der Waals surface area contributed by atoms with Gasteiger partial charge in [0.1, 0.15) is 6.23 Å². The van der Waals surface area contributed by atoms with E-state index < -0.39 is 5.60 Å². The fourth-order valence-electron chi connectivity index (χ4n) is 8.09. The largest absolute Gasteiger partial charge is 0.342 e. The predicted octanol–water partition coefficient (Wildman–Crippen LogP) is 7.74. The first kappa shape index (κ1) is 36.5. The molecule has 3 rings (SSSR count). The van der Waals surface area contributed by atoms with Crippen molar-refractivity contribution in [3.63, 3.8) is 0 Å². The highest BCUT2D eigenvalue weighted by Crippen LogP contribution is 2.42. The van der Waals surface area contributed by atoms with E-state index in [1.165, 1.54) is 83.6 Å². The van der Waals surface area contributed by atoms with Crippen molar-refractivity contribution >= 4 is 5.91 Å². The molecule has 41 heavy (non-hydrogen) atoms. The van der Waals surface area contributed by atoms with Crippen molar-refractivity contribution in [3.05, 3.63) is 0 Å². The van der Waals surface area contributed by atoms with Crippen molar-refractivity contribution in [1.82, 2.24) is 21.3 Å². The van der Waals surface area contributed by atoms with Gasteiger partial charge in [-0.15, -0.1) is 0 Å². The molecule has 6 heteroatoms. The van der Waals surface area contributed by atoms with Gasteiger partial charge in [-0.25, -0.2) is 0 Å². The van der Waals surface area contributed by atoms with Gasteiger partial charge in [-0.2, -0.15) is 0 Å². The lowest BCUT2D eigenvalue weighted by atomic mass is 9.72. The first-order valence-electron chi connectivity index (χ1n) is 17.3. The van der Waals surface area contributed by atoms with Gasteiger partial charge in [0, 0.05) is 41.0 Å². The lowest BCUT2D eigenvalue weighted by molar-refractivity contribution is -0.146. The molecule has 1 atom stereocenters. The summed E-state index contributed by atoms with van der Waals surface area (Å²) in [4.78, 5) is 12.7. The Bertz CT molecular complexity index is 744. The molecule has 0 aromatic rings. The summed E-state index contributed by atoms with van der Waals surface area (Å²) in [5.74, 6) is 0.0982. The topological polar surface area (TPSA) is 74.4 Å². The maximum Gasteiger partial charge on any atom is 0.254 e. The van der Waals surface area contributed by atoms with Crippen molar-refractivity contribution in [3.8, 4) is 0 Å². The minimum Gasteiger partial charge on any atom is -0.342 e. The summed E-state index contributed by atoms with van der Waals surface area (Å²) < 4.78 is 6.34. The summed E-state index contributed by atoms with van der Waals surface area (Å²) in [6, 6.07) is 0.683. The van der Waals surface area contributed by atoms with E-state index in [1.807, 2.05) is 0 Å². The standard InChI is InChI=1S/C22H42N2O2.C13H28N2/c1-6-7-8-9-10-11-12-13-14-15-18-23-19(25)22(26-18)16-20(2,3)24-21(4,5)17-22;1-6-7-8-14-11-9-12(2,3)15-13(4,5)10-11/h18,24H,6-17H2,1-5H3,(H,23,25);11,14-15H,6-10H2,1-5H3. The van der Waals surface area contributed by atoms with Gasteiger partial charge in [-0.05, 0) is 94.0 Å². The Labute approximate surface area is 255 Å². The Morgan fingerprint density at radius 2 is 1.15 bits per heavy atom. The lowest BCUT2D eigenvalue weighted by Crippen LogP contribution is -2.65. The molecule has 3 heterocycles. The second-order valence-corrected chi connectivity index (χ2v) is 16.2. The summed E-state index contributed by atoms with van der Waals surface area (Å²) in [5, 5.41) is 14.2. The molecule has 6 nitrogen and oxygen atoms in total. The van der Waals surface area contributed by atoms with Crippen LogP contribution in [0.15, 0.2) is 0 Å². The number of rotatable bonds is 14. The molecule has 3 aliphatic rings. The third-order valence-corrected chi connectivity index (χ3v) is 8.93. The SMILES string of the molecule is CCCCCCCCCCCC1NC(=O)C2(CC(C)(C)NC(C)(C)C2)O1.CCCCNC1CC(C)(C)NC(C)(C)C1. The molecule has 0 saturated carbocycles. The normalized spacial score (nSPS) is 25.9. The first-order valence-corrected chi connectivity index (χ1v) is 17.3. The second kappa shape index (κ2) is 15.9. The van der Waals surface area contributed by atoms with Gasteiger partial charge in [-0.1, -0.05) is 71.6 Å². The third-order valence-electron chi connectivity index (χ3n) is 8.93. The van der Waals surface area contributed by atoms with Crippen LogP contribution in [0.5, 0.6) is 0 Å². The summed E-state index contributed by atoms with van der Waals surface area (Å²) in [5.41, 5.74) is -0.295. The number of carbonyl (C=O) groups is 1. The van der Waals surface area contributed by atoms with E-state index in [1.54, 1.807) is 0 Å². The van der Waals surface area contributed by atoms with Gasteiger partial charge in [0.15, 0.2) is 5.60 Å². The molecule has 0 aromatic heterocycles. The van der Waals surface area contributed by atoms with E-state index in [4.69, 9.17) is 4.74 Å². The van der Waals surface area contributed by atoms with Crippen molar-refractivity contribution in [2.75, 3.05) is 6.54 Å². The molecule has 3 aliphatic heterocycles. The smallest absolute Gasteiger partial charge is 0.254 e. The number of nitrogens with one attached hydrogen (secondary N) is 4. The summed E-state index contributed by atoms with van der Waals surface area (Å²) >= 11 is 0. The highest BCUT2D eigenvalue weighted by atomic mass is 16.5. The maximum atomic E-state index is 12.7. The summed E-state index contributed by atoms with van der Waals surface area (Å²) in [6.45, 7) is 23.6. The number of carbonyl (C=O) groups excluding carboxylic acids is 1. The average Bonchev–Trinajstić information content (AvgIpc) is 3.07. The van der Waals surface area contributed by atoms with E-state index in [-0.39, 0.29) is 34.3 Å². The van der Waals surface area contributed by atoms with Crippen LogP contribution >= 0.6 is 0 Å². The lowest BCUT2D eigenvalue weighted by Gasteiger charge is -2.49. The molecule has 3 saturated heterocycles. The molecule has 0 radical (unpaired) electrons. The second-order valence-electron chi connectivity index (χ2n) is 16.2. The van der Waals surface area contributed by atoms with Gasteiger partial charge in [0.05, 0.1) is 0 Å². The Morgan fingerprint density at radius 3 is 1.66 bits per heavy atom. The van der Waals surface area contributed by atoms with Gasteiger partial charge < -0.3 is 26.0 Å². The van der Waals surface area contributed by atoms with Crippen LogP contribution in [-0.2, 0) is 9.53 Å². The zero-order chi connectivity index (χ0) is 30.8. The highest BCUT2D eigenvalue weighted by Gasteiger charge is 2.56. The Balaban J connectivity index is 0.000000333. The Kier molecular flexibility index (Phi) is 14.1. The number of piperidine rings is 2. The molecule has 1 amide bonds. The monoisotopic (exact) mass is 579 g/mol. The van der Waals surface area contributed by atoms with E-state index in [0.717, 1.165) is 25.7 Å². The van der Waals surface area contributed by atoms with Gasteiger partial charge in [0.2, 0.25) is 0 Å². The minimum absolute atomic E-state index is 0.0915. The van der Waals surface area contributed by atoms with E-state index in [9.17, 15) is 4.79 Å². The van der Waals surface area contributed by atoms with Crippen LogP contribution in [0.2, 0.25) is 0 Å². The summed E-state index contributed by atoms with van der Waals surface area (Å²) in [7, 11) is 0. The Morgan fingerprint density at radius 1 is 0.683 bits per heavy atom. The zero-order valence-electron chi connectivity index (χ0n) is 29.0. The number of hydrogen-bond donors (Lipinski definition) is 4. The molecule has 0 aliphatic carbocycles. The van der Waals surface area contributed by atoms with Gasteiger partial charge >= 0.3 is 0 Å². The van der Waals surface area contributed by atoms with Crippen LogP contribution in [0, 0.1) is 0 Å². The quantitative estimate of drug-likeness (QED) is 0.159. The number of unbranched alkanes of at least 4 members (excludes halogenated alkanes) is 9. The highest BCUT2D eigenvalue weighted by molar-refractivity contribution is 5.87. The fourth-order valence-corrected chi connectivity index (χ4v) is 8.09. The van der Waals surface area contributed by atoms with Gasteiger partial charge in [-0.3, -0.25) is 4.79 Å². The van der Waals surface area contributed by atoms with Crippen molar-refractivity contribution in [2.45, 2.75) is 212 Å². The van der Waals surface area contributed by atoms with Crippen LogP contribution in [0.4, 0.5) is 0 Å². The van der Waals surface area contributed by atoms with Crippen molar-refractivity contribution in [1.29, 1.82) is 0 Å². The van der Waals surface area contributed by atoms with Gasteiger partial charge in [0.25, 0.3) is 5.91 Å². The van der Waals surface area contributed by atoms with Crippen molar-refractivity contribution < 1.29 is 9.53 Å². The summed E-state index contributed by atoms with van der Waals surface area (Å²) in [6.07, 6.45) is 19.3. The first-order chi connectivity index (χ1) is 19.0. The fraction of sp³-hybridized carbons (Fsp3) is 0.971. The number of hydrogen-bond acceptors (Lipinski definition) is 5. The predicted molar refractivity (Wildman–Crippen MR) is 175 cm³/mol. The molecule has 242 valence electrons. The molecular formula is C35H70N4O2. The number of ether oxygens (including phenoxy) is 1. The van der Waals surface area contributed by atoms with Crippen LogP contribution in [0.25, 0.3) is 0 Å². The molecule has 1 unspecified atom stereocenters. The van der Waals surface area contributed by atoms with Crippen LogP contribution in [-0.4, -0.2) is 52.5 Å². The van der Waals surface area contributed by atoms with Crippen LogP contribution < -0.4 is 21.3 Å². The van der Waals surface area contributed by atoms with Crippen molar-refractivity contribution in [2.24, 2.45) is 0 Å². The van der Waals surface area contributed by atoms with Crippen LogP contribution in [0.1, 0.15) is 172 Å². The Hall–Kier alpha value is -0.690. The molecule has 0 aromatic carbocycles.